The molecular formula is C13H22F3NO3. The van der Waals surface area contributed by atoms with Gasteiger partial charge in [0.2, 0.25) is 5.91 Å². The number of halogens is 3. The van der Waals surface area contributed by atoms with Crippen LogP contribution in [0.3, 0.4) is 0 Å². The Bertz CT molecular complexity index is 357. The molecule has 0 bridgehead atoms. The van der Waals surface area contributed by atoms with E-state index < -0.39 is 12.8 Å². The largest absolute Gasteiger partial charge is 0.411 e. The second-order valence-corrected chi connectivity index (χ2v) is 5.90. The summed E-state index contributed by atoms with van der Waals surface area (Å²) >= 11 is 0. The van der Waals surface area contributed by atoms with Crippen molar-refractivity contribution in [1.82, 2.24) is 5.32 Å². The standard InChI is InChI=1S/C13H22F3NO3/c1-11(2)9(7-12(11,3)19-4)17-10(18)5-6-20-8-13(14,15)16/h9H,5-8H2,1-4H3,(H,17,18)/t9-,12-/m0/s1. The third kappa shape index (κ3) is 3.85. The second kappa shape index (κ2) is 5.89. The molecule has 0 spiro atoms. The summed E-state index contributed by atoms with van der Waals surface area (Å²) in [6.45, 7) is 4.40. The van der Waals surface area contributed by atoms with Crippen LogP contribution in [0.2, 0.25) is 0 Å². The Hall–Kier alpha value is -0.820. The maximum atomic E-state index is 11.8. The molecule has 7 heteroatoms. The molecule has 0 aliphatic heterocycles. The van der Waals surface area contributed by atoms with Crippen molar-refractivity contribution in [2.24, 2.45) is 5.41 Å². The first-order valence-corrected chi connectivity index (χ1v) is 6.51. The van der Waals surface area contributed by atoms with Crippen LogP contribution < -0.4 is 5.32 Å². The molecule has 0 aromatic carbocycles. The second-order valence-electron chi connectivity index (χ2n) is 5.90. The lowest BCUT2D eigenvalue weighted by Crippen LogP contribution is -2.68. The minimum Gasteiger partial charge on any atom is -0.378 e. The molecule has 0 unspecified atom stereocenters. The van der Waals surface area contributed by atoms with Crippen LogP contribution in [0.25, 0.3) is 0 Å². The number of alkyl halides is 3. The van der Waals surface area contributed by atoms with E-state index in [-0.39, 0.29) is 36.0 Å². The van der Waals surface area contributed by atoms with Crippen LogP contribution in [0.15, 0.2) is 0 Å². The smallest absolute Gasteiger partial charge is 0.378 e. The normalized spacial score (nSPS) is 28.9. The lowest BCUT2D eigenvalue weighted by atomic mass is 9.56. The molecule has 4 nitrogen and oxygen atoms in total. The Balaban J connectivity index is 2.28. The van der Waals surface area contributed by atoms with Crippen molar-refractivity contribution in [3.05, 3.63) is 0 Å². The number of ether oxygens (including phenoxy) is 2. The molecule has 1 N–H and O–H groups in total. The van der Waals surface area contributed by atoms with E-state index in [1.54, 1.807) is 7.11 Å². The minimum atomic E-state index is -4.35. The molecule has 2 atom stereocenters. The third-order valence-corrected chi connectivity index (χ3v) is 4.35. The van der Waals surface area contributed by atoms with Crippen LogP contribution >= 0.6 is 0 Å². The fourth-order valence-corrected chi connectivity index (χ4v) is 2.34. The molecule has 0 aromatic rings. The maximum absolute atomic E-state index is 11.8. The molecule has 1 saturated carbocycles. The highest BCUT2D eigenvalue weighted by molar-refractivity contribution is 5.76. The molecule has 1 aliphatic carbocycles. The lowest BCUT2D eigenvalue weighted by Gasteiger charge is -2.59. The first-order valence-electron chi connectivity index (χ1n) is 6.51. The van der Waals surface area contributed by atoms with Gasteiger partial charge in [0, 0.05) is 25.0 Å². The van der Waals surface area contributed by atoms with Crippen molar-refractivity contribution in [3.8, 4) is 0 Å². The number of rotatable bonds is 6. The highest BCUT2D eigenvalue weighted by Crippen LogP contribution is 2.51. The molecule has 1 fully saturated rings. The average molecular weight is 297 g/mol. The van der Waals surface area contributed by atoms with Crippen molar-refractivity contribution in [1.29, 1.82) is 0 Å². The van der Waals surface area contributed by atoms with Crippen LogP contribution in [0.5, 0.6) is 0 Å². The monoisotopic (exact) mass is 297 g/mol. The molecule has 20 heavy (non-hydrogen) atoms. The van der Waals surface area contributed by atoms with Crippen molar-refractivity contribution in [2.75, 3.05) is 20.3 Å². The summed E-state index contributed by atoms with van der Waals surface area (Å²) in [4.78, 5) is 11.6. The highest BCUT2D eigenvalue weighted by Gasteiger charge is 2.58. The minimum absolute atomic E-state index is 0.0393. The zero-order valence-corrected chi connectivity index (χ0v) is 12.3. The molecule has 1 amide bonds. The summed E-state index contributed by atoms with van der Waals surface area (Å²) < 4.78 is 45.4. The van der Waals surface area contributed by atoms with E-state index in [1.165, 1.54) is 0 Å². The van der Waals surface area contributed by atoms with Gasteiger partial charge < -0.3 is 14.8 Å². The van der Waals surface area contributed by atoms with E-state index in [0.717, 1.165) is 0 Å². The predicted octanol–water partition coefficient (Wildman–Crippen LogP) is 2.28. The van der Waals surface area contributed by atoms with Gasteiger partial charge in [-0.15, -0.1) is 0 Å². The fraction of sp³-hybridized carbons (Fsp3) is 0.923. The number of hydrogen-bond donors (Lipinski definition) is 1. The summed E-state index contributed by atoms with van der Waals surface area (Å²) in [5, 5.41) is 2.81. The molecule has 1 aliphatic rings. The van der Waals surface area contributed by atoms with Crippen LogP contribution in [-0.2, 0) is 14.3 Å². The highest BCUT2D eigenvalue weighted by atomic mass is 19.4. The molecular weight excluding hydrogens is 275 g/mol. The van der Waals surface area contributed by atoms with Gasteiger partial charge in [0.15, 0.2) is 0 Å². The SMILES string of the molecule is CO[C@@]1(C)C[C@H](NC(=O)CCOCC(F)(F)F)C1(C)C. The van der Waals surface area contributed by atoms with E-state index in [1.807, 2.05) is 20.8 Å². The van der Waals surface area contributed by atoms with Crippen molar-refractivity contribution >= 4 is 5.91 Å². The van der Waals surface area contributed by atoms with Crippen LogP contribution in [0.1, 0.15) is 33.6 Å². The topological polar surface area (TPSA) is 47.6 Å². The quantitative estimate of drug-likeness (QED) is 0.765. The molecule has 0 radical (unpaired) electrons. The Morgan fingerprint density at radius 3 is 2.40 bits per heavy atom. The number of methoxy groups -OCH3 is 1. The number of carbonyl (C=O) groups is 1. The van der Waals surface area contributed by atoms with Gasteiger partial charge in [0.25, 0.3) is 0 Å². The van der Waals surface area contributed by atoms with E-state index in [0.29, 0.717) is 6.42 Å². The summed E-state index contributed by atoms with van der Waals surface area (Å²) in [6, 6.07) is -0.0393. The summed E-state index contributed by atoms with van der Waals surface area (Å²) in [7, 11) is 1.63. The van der Waals surface area contributed by atoms with Gasteiger partial charge in [-0.05, 0) is 13.3 Å². The Morgan fingerprint density at radius 1 is 1.35 bits per heavy atom. The van der Waals surface area contributed by atoms with E-state index >= 15 is 0 Å². The number of hydrogen-bond acceptors (Lipinski definition) is 3. The van der Waals surface area contributed by atoms with Gasteiger partial charge in [-0.3, -0.25) is 4.79 Å². The van der Waals surface area contributed by atoms with Gasteiger partial charge in [-0.25, -0.2) is 0 Å². The number of amides is 1. The van der Waals surface area contributed by atoms with Crippen LogP contribution in [0, 0.1) is 5.41 Å². The van der Waals surface area contributed by atoms with E-state index in [9.17, 15) is 18.0 Å². The van der Waals surface area contributed by atoms with E-state index in [4.69, 9.17) is 4.74 Å². The van der Waals surface area contributed by atoms with Crippen molar-refractivity contribution in [3.63, 3.8) is 0 Å². The molecule has 0 aromatic heterocycles. The Morgan fingerprint density at radius 2 is 1.95 bits per heavy atom. The predicted molar refractivity (Wildman–Crippen MR) is 67.2 cm³/mol. The molecule has 0 saturated heterocycles. The summed E-state index contributed by atoms with van der Waals surface area (Å²) in [6.07, 6.45) is -3.75. The summed E-state index contributed by atoms with van der Waals surface area (Å²) in [5.74, 6) is -0.302. The zero-order valence-electron chi connectivity index (χ0n) is 12.3. The lowest BCUT2D eigenvalue weighted by molar-refractivity contribution is -0.184. The molecule has 1 rings (SSSR count). The van der Waals surface area contributed by atoms with Gasteiger partial charge in [-0.2, -0.15) is 13.2 Å². The maximum Gasteiger partial charge on any atom is 0.411 e. The first-order chi connectivity index (χ1) is 9.02. The van der Waals surface area contributed by atoms with Crippen molar-refractivity contribution < 1.29 is 27.4 Å². The van der Waals surface area contributed by atoms with Crippen LogP contribution in [0.4, 0.5) is 13.2 Å². The Labute approximate surface area is 117 Å². The van der Waals surface area contributed by atoms with Gasteiger partial charge in [0.1, 0.15) is 6.61 Å². The number of carbonyl (C=O) groups excluding carboxylic acids is 1. The Kier molecular flexibility index (Phi) is 5.08. The molecule has 0 heterocycles. The number of nitrogens with one attached hydrogen (secondary N) is 1. The fourth-order valence-electron chi connectivity index (χ4n) is 2.34. The zero-order chi connectivity index (χ0) is 15.6. The van der Waals surface area contributed by atoms with E-state index in [2.05, 4.69) is 10.1 Å². The average Bonchev–Trinajstić information content (AvgIpc) is 2.32. The van der Waals surface area contributed by atoms with Gasteiger partial charge in [-0.1, -0.05) is 13.8 Å². The van der Waals surface area contributed by atoms with Crippen LogP contribution in [-0.4, -0.2) is 44.0 Å². The van der Waals surface area contributed by atoms with Gasteiger partial charge >= 0.3 is 6.18 Å². The summed E-state index contributed by atoms with van der Waals surface area (Å²) in [5.41, 5.74) is -0.512. The molecule has 118 valence electrons. The van der Waals surface area contributed by atoms with Gasteiger partial charge in [0.05, 0.1) is 12.2 Å². The van der Waals surface area contributed by atoms with Crippen molar-refractivity contribution in [2.45, 2.75) is 51.4 Å². The first kappa shape index (κ1) is 17.2. The third-order valence-electron chi connectivity index (χ3n) is 4.35.